The largest absolute Gasteiger partial charge is 0.461 e. The first-order chi connectivity index (χ1) is 11.2. The van der Waals surface area contributed by atoms with E-state index in [-0.39, 0.29) is 23.6 Å². The molecule has 0 aliphatic rings. The topological polar surface area (TPSA) is 72.1 Å². The number of pyridine rings is 1. The van der Waals surface area contributed by atoms with Gasteiger partial charge in [-0.1, -0.05) is 0 Å². The minimum absolute atomic E-state index is 0.136. The number of hydrogen-bond acceptors (Lipinski definition) is 4. The average Bonchev–Trinajstić information content (AvgIpc) is 2.81. The Morgan fingerprint density at radius 1 is 1.25 bits per heavy atom. The Balaban J connectivity index is 2.38. The molecule has 2 aromatic heterocycles. The van der Waals surface area contributed by atoms with Crippen LogP contribution in [0.4, 0.5) is 13.2 Å². The second kappa shape index (κ2) is 6.46. The van der Waals surface area contributed by atoms with Crippen molar-refractivity contribution in [3.63, 3.8) is 0 Å². The van der Waals surface area contributed by atoms with Gasteiger partial charge in [0.1, 0.15) is 11.4 Å². The molecule has 0 spiro atoms. The van der Waals surface area contributed by atoms with E-state index in [1.807, 2.05) is 0 Å². The van der Waals surface area contributed by atoms with Crippen LogP contribution in [0.15, 0.2) is 18.3 Å². The molecule has 2 heterocycles. The minimum atomic E-state index is -4.52. The third kappa shape index (κ3) is 3.32. The average molecular weight is 340 g/mol. The third-order valence-electron chi connectivity index (χ3n) is 3.47. The van der Waals surface area contributed by atoms with Crippen LogP contribution in [0.25, 0.3) is 0 Å². The molecule has 0 aromatic carbocycles. The second-order valence-corrected chi connectivity index (χ2v) is 5.10. The summed E-state index contributed by atoms with van der Waals surface area (Å²) in [5.74, 6) is -1.16. The SMILES string of the molecule is CCOC(=O)c1[nH]c(C)c(C(=O)c2ccc(C(F)(F)F)cn2)c1C. The van der Waals surface area contributed by atoms with Gasteiger partial charge < -0.3 is 9.72 Å². The van der Waals surface area contributed by atoms with Crippen molar-refractivity contribution in [1.29, 1.82) is 0 Å². The molecule has 0 aliphatic carbocycles. The van der Waals surface area contributed by atoms with Crippen molar-refractivity contribution in [2.24, 2.45) is 0 Å². The van der Waals surface area contributed by atoms with Crippen molar-refractivity contribution in [2.75, 3.05) is 6.61 Å². The van der Waals surface area contributed by atoms with E-state index in [1.54, 1.807) is 20.8 Å². The summed E-state index contributed by atoms with van der Waals surface area (Å²) >= 11 is 0. The molecule has 0 saturated carbocycles. The van der Waals surface area contributed by atoms with E-state index in [4.69, 9.17) is 4.74 Å². The van der Waals surface area contributed by atoms with Gasteiger partial charge in [0.15, 0.2) is 0 Å². The predicted octanol–water partition coefficient (Wildman–Crippen LogP) is 3.45. The molecule has 0 unspecified atom stereocenters. The lowest BCUT2D eigenvalue weighted by molar-refractivity contribution is -0.137. The van der Waals surface area contributed by atoms with Crippen molar-refractivity contribution >= 4 is 11.8 Å². The summed E-state index contributed by atoms with van der Waals surface area (Å²) in [6.07, 6.45) is -3.91. The number of nitrogens with one attached hydrogen (secondary N) is 1. The van der Waals surface area contributed by atoms with E-state index in [0.29, 0.717) is 17.5 Å². The van der Waals surface area contributed by atoms with Gasteiger partial charge in [-0.2, -0.15) is 13.2 Å². The van der Waals surface area contributed by atoms with Gasteiger partial charge in [0, 0.05) is 17.5 Å². The number of halogens is 3. The normalized spacial score (nSPS) is 11.4. The number of rotatable bonds is 4. The standard InChI is InChI=1S/C16H15F3N2O3/c1-4-24-15(23)13-8(2)12(9(3)21-13)14(22)11-6-5-10(7-20-11)16(17,18)19/h5-7,21H,4H2,1-3H3. The number of aromatic nitrogens is 2. The van der Waals surface area contributed by atoms with Gasteiger partial charge in [-0.15, -0.1) is 0 Å². The number of carbonyl (C=O) groups excluding carboxylic acids is 2. The summed E-state index contributed by atoms with van der Waals surface area (Å²) in [5.41, 5.74) is 0.0622. The number of hydrogen-bond donors (Lipinski definition) is 1. The van der Waals surface area contributed by atoms with Gasteiger partial charge in [0.2, 0.25) is 5.78 Å². The molecule has 1 N–H and O–H groups in total. The zero-order valence-corrected chi connectivity index (χ0v) is 13.2. The maximum Gasteiger partial charge on any atom is 0.417 e. The Morgan fingerprint density at radius 2 is 1.92 bits per heavy atom. The van der Waals surface area contributed by atoms with Crippen LogP contribution in [0.1, 0.15) is 50.3 Å². The Labute approximate surface area is 135 Å². The first kappa shape index (κ1) is 17.7. The number of H-pyrrole nitrogens is 1. The Hall–Kier alpha value is -2.64. The number of carbonyl (C=O) groups is 2. The van der Waals surface area contributed by atoms with Crippen LogP contribution >= 0.6 is 0 Å². The highest BCUT2D eigenvalue weighted by Crippen LogP contribution is 2.29. The zero-order chi connectivity index (χ0) is 18.1. The van der Waals surface area contributed by atoms with Gasteiger partial charge in [0.05, 0.1) is 12.2 Å². The number of aromatic amines is 1. The lowest BCUT2D eigenvalue weighted by atomic mass is 10.0. The van der Waals surface area contributed by atoms with Crippen LogP contribution < -0.4 is 0 Å². The van der Waals surface area contributed by atoms with Crippen molar-refractivity contribution < 1.29 is 27.5 Å². The van der Waals surface area contributed by atoms with E-state index in [1.165, 1.54) is 0 Å². The van der Waals surface area contributed by atoms with Crippen molar-refractivity contribution in [2.45, 2.75) is 26.9 Å². The molecule has 2 aromatic rings. The summed E-state index contributed by atoms with van der Waals surface area (Å²) in [6, 6.07) is 1.81. The zero-order valence-electron chi connectivity index (χ0n) is 13.2. The van der Waals surface area contributed by atoms with Crippen molar-refractivity contribution in [1.82, 2.24) is 9.97 Å². The number of nitrogens with zero attached hydrogens (tertiary/aromatic N) is 1. The maximum atomic E-state index is 12.6. The molecule has 0 bridgehead atoms. The van der Waals surface area contributed by atoms with Crippen LogP contribution in [-0.2, 0) is 10.9 Å². The van der Waals surface area contributed by atoms with Gasteiger partial charge in [-0.05, 0) is 38.5 Å². The highest BCUT2D eigenvalue weighted by Gasteiger charge is 2.31. The Bertz CT molecular complexity index is 777. The molecule has 2 rings (SSSR count). The molecule has 0 radical (unpaired) electrons. The van der Waals surface area contributed by atoms with Crippen molar-refractivity contribution in [3.8, 4) is 0 Å². The van der Waals surface area contributed by atoms with Gasteiger partial charge in [-0.25, -0.2) is 4.79 Å². The molecule has 8 heteroatoms. The molecular formula is C16H15F3N2O3. The number of alkyl halides is 3. The van der Waals surface area contributed by atoms with Gasteiger partial charge in [0.25, 0.3) is 0 Å². The molecule has 0 atom stereocenters. The number of aryl methyl sites for hydroxylation is 1. The van der Waals surface area contributed by atoms with Crippen LogP contribution in [0.2, 0.25) is 0 Å². The summed E-state index contributed by atoms with van der Waals surface area (Å²) in [5, 5.41) is 0. The van der Waals surface area contributed by atoms with Crippen molar-refractivity contribution in [3.05, 3.63) is 52.1 Å². The van der Waals surface area contributed by atoms with Gasteiger partial charge >= 0.3 is 12.1 Å². The first-order valence-corrected chi connectivity index (χ1v) is 7.11. The quantitative estimate of drug-likeness (QED) is 0.683. The monoisotopic (exact) mass is 340 g/mol. The minimum Gasteiger partial charge on any atom is -0.461 e. The number of esters is 1. The number of ether oxygens (including phenoxy) is 1. The fraction of sp³-hybridized carbons (Fsp3) is 0.312. The van der Waals surface area contributed by atoms with E-state index in [0.717, 1.165) is 12.1 Å². The highest BCUT2D eigenvalue weighted by molar-refractivity contribution is 6.11. The molecule has 0 saturated heterocycles. The summed E-state index contributed by atoms with van der Waals surface area (Å²) in [6.45, 7) is 4.99. The fourth-order valence-corrected chi connectivity index (χ4v) is 2.32. The summed E-state index contributed by atoms with van der Waals surface area (Å²) < 4.78 is 42.6. The lowest BCUT2D eigenvalue weighted by Gasteiger charge is -2.07. The lowest BCUT2D eigenvalue weighted by Crippen LogP contribution is -2.10. The number of ketones is 1. The first-order valence-electron chi connectivity index (χ1n) is 7.11. The van der Waals surface area contributed by atoms with Crippen LogP contribution in [-0.4, -0.2) is 28.3 Å². The maximum absolute atomic E-state index is 12.6. The summed E-state index contributed by atoms with van der Waals surface area (Å²) in [7, 11) is 0. The molecule has 24 heavy (non-hydrogen) atoms. The molecule has 128 valence electrons. The molecular weight excluding hydrogens is 325 g/mol. The van der Waals surface area contributed by atoms with E-state index in [9.17, 15) is 22.8 Å². The highest BCUT2D eigenvalue weighted by atomic mass is 19.4. The van der Waals surface area contributed by atoms with Gasteiger partial charge in [-0.3, -0.25) is 9.78 Å². The molecule has 0 fully saturated rings. The predicted molar refractivity (Wildman–Crippen MR) is 78.9 cm³/mol. The molecule has 0 aliphatic heterocycles. The Kier molecular flexibility index (Phi) is 4.77. The molecule has 0 amide bonds. The smallest absolute Gasteiger partial charge is 0.417 e. The molecule has 5 nitrogen and oxygen atoms in total. The van der Waals surface area contributed by atoms with E-state index >= 15 is 0 Å². The van der Waals surface area contributed by atoms with Crippen LogP contribution in [0.5, 0.6) is 0 Å². The van der Waals surface area contributed by atoms with Crippen LogP contribution in [0, 0.1) is 13.8 Å². The van der Waals surface area contributed by atoms with Crippen LogP contribution in [0.3, 0.4) is 0 Å². The third-order valence-corrected chi connectivity index (χ3v) is 3.47. The second-order valence-electron chi connectivity index (χ2n) is 5.10. The fourth-order valence-electron chi connectivity index (χ4n) is 2.32. The van der Waals surface area contributed by atoms with E-state index in [2.05, 4.69) is 9.97 Å². The Morgan fingerprint density at radius 3 is 2.42 bits per heavy atom. The van der Waals surface area contributed by atoms with E-state index < -0.39 is 23.5 Å². The summed E-state index contributed by atoms with van der Waals surface area (Å²) in [4.78, 5) is 30.7.